The first-order valence-corrected chi connectivity index (χ1v) is 5.82. The van der Waals surface area contributed by atoms with Crippen LogP contribution in [0.3, 0.4) is 0 Å². The fraction of sp³-hybridized carbons (Fsp3) is 0.769. The van der Waals surface area contributed by atoms with E-state index in [1.807, 2.05) is 0 Å². The van der Waals surface area contributed by atoms with Crippen LogP contribution in [0.5, 0.6) is 0 Å². The van der Waals surface area contributed by atoms with Gasteiger partial charge < -0.3 is 4.79 Å². The molecule has 1 aliphatic rings. The number of allylic oxidation sites excluding steroid dienone is 1. The standard InChI is InChI=1S/C13H22O/c1-11(2)4-3-5-12-6-8-13(10-14)9-7-12/h10,12-13H,1,3-9H2,2H3. The Morgan fingerprint density at radius 3 is 2.50 bits per heavy atom. The third-order valence-electron chi connectivity index (χ3n) is 3.30. The topological polar surface area (TPSA) is 17.1 Å². The maximum absolute atomic E-state index is 10.6. The van der Waals surface area contributed by atoms with Gasteiger partial charge in [-0.15, -0.1) is 6.58 Å². The first-order chi connectivity index (χ1) is 6.72. The van der Waals surface area contributed by atoms with E-state index in [9.17, 15) is 4.79 Å². The van der Waals surface area contributed by atoms with E-state index in [1.54, 1.807) is 0 Å². The van der Waals surface area contributed by atoms with Gasteiger partial charge in [0.15, 0.2) is 0 Å². The first kappa shape index (κ1) is 11.5. The van der Waals surface area contributed by atoms with Crippen molar-refractivity contribution in [2.24, 2.45) is 11.8 Å². The fourth-order valence-electron chi connectivity index (χ4n) is 2.31. The predicted molar refractivity (Wildman–Crippen MR) is 60.2 cm³/mol. The van der Waals surface area contributed by atoms with Crippen LogP contribution in [0.25, 0.3) is 0 Å². The van der Waals surface area contributed by atoms with Crippen LogP contribution in [0.1, 0.15) is 51.9 Å². The van der Waals surface area contributed by atoms with E-state index in [1.165, 1.54) is 37.7 Å². The Hall–Kier alpha value is -0.590. The molecule has 1 aliphatic carbocycles. The smallest absolute Gasteiger partial charge is 0.123 e. The zero-order valence-corrected chi connectivity index (χ0v) is 9.30. The van der Waals surface area contributed by atoms with Crippen molar-refractivity contribution in [3.05, 3.63) is 12.2 Å². The summed E-state index contributed by atoms with van der Waals surface area (Å²) >= 11 is 0. The average molecular weight is 194 g/mol. The molecule has 0 amide bonds. The van der Waals surface area contributed by atoms with Crippen molar-refractivity contribution in [1.82, 2.24) is 0 Å². The molecule has 0 unspecified atom stereocenters. The lowest BCUT2D eigenvalue weighted by molar-refractivity contribution is -0.112. The van der Waals surface area contributed by atoms with Crippen LogP contribution < -0.4 is 0 Å². The van der Waals surface area contributed by atoms with Crippen LogP contribution in [0.2, 0.25) is 0 Å². The van der Waals surface area contributed by atoms with Crippen LogP contribution in [0.4, 0.5) is 0 Å². The van der Waals surface area contributed by atoms with E-state index in [-0.39, 0.29) is 0 Å². The van der Waals surface area contributed by atoms with Gasteiger partial charge in [-0.2, -0.15) is 0 Å². The van der Waals surface area contributed by atoms with Gasteiger partial charge in [-0.3, -0.25) is 0 Å². The fourth-order valence-corrected chi connectivity index (χ4v) is 2.31. The minimum absolute atomic E-state index is 0.368. The van der Waals surface area contributed by atoms with Gasteiger partial charge in [-0.1, -0.05) is 12.0 Å². The summed E-state index contributed by atoms with van der Waals surface area (Å²) in [7, 11) is 0. The minimum atomic E-state index is 0.368. The van der Waals surface area contributed by atoms with Crippen LogP contribution in [-0.2, 0) is 4.79 Å². The Balaban J connectivity index is 2.10. The normalized spacial score (nSPS) is 27.2. The largest absolute Gasteiger partial charge is 0.303 e. The summed E-state index contributed by atoms with van der Waals surface area (Å²) in [6.07, 6.45) is 9.71. The van der Waals surface area contributed by atoms with Crippen molar-refractivity contribution < 1.29 is 4.79 Å². The maximum Gasteiger partial charge on any atom is 0.123 e. The van der Waals surface area contributed by atoms with Crippen LogP contribution >= 0.6 is 0 Å². The van der Waals surface area contributed by atoms with E-state index >= 15 is 0 Å². The molecule has 14 heavy (non-hydrogen) atoms. The van der Waals surface area contributed by atoms with Gasteiger partial charge in [0.2, 0.25) is 0 Å². The van der Waals surface area contributed by atoms with Gasteiger partial charge in [-0.05, 0) is 51.4 Å². The van der Waals surface area contributed by atoms with Crippen molar-refractivity contribution in [2.45, 2.75) is 51.9 Å². The number of hydrogen-bond donors (Lipinski definition) is 0. The summed E-state index contributed by atoms with van der Waals surface area (Å²) in [5.41, 5.74) is 1.30. The molecular formula is C13H22O. The molecule has 0 aromatic rings. The second kappa shape index (κ2) is 6.00. The van der Waals surface area contributed by atoms with E-state index in [2.05, 4.69) is 13.5 Å². The lowest BCUT2D eigenvalue weighted by atomic mass is 9.80. The molecule has 0 spiro atoms. The molecule has 1 saturated carbocycles. The molecule has 1 fully saturated rings. The molecule has 80 valence electrons. The highest BCUT2D eigenvalue weighted by atomic mass is 16.1. The molecule has 0 heterocycles. The molecule has 0 radical (unpaired) electrons. The molecule has 1 nitrogen and oxygen atoms in total. The zero-order valence-electron chi connectivity index (χ0n) is 9.30. The Morgan fingerprint density at radius 1 is 1.36 bits per heavy atom. The Bertz CT molecular complexity index is 187. The zero-order chi connectivity index (χ0) is 10.4. The quantitative estimate of drug-likeness (QED) is 0.481. The van der Waals surface area contributed by atoms with Crippen molar-refractivity contribution in [2.75, 3.05) is 0 Å². The van der Waals surface area contributed by atoms with Gasteiger partial charge in [-0.25, -0.2) is 0 Å². The van der Waals surface area contributed by atoms with Crippen molar-refractivity contribution in [3.8, 4) is 0 Å². The molecule has 0 bridgehead atoms. The van der Waals surface area contributed by atoms with Crippen LogP contribution in [-0.4, -0.2) is 6.29 Å². The van der Waals surface area contributed by atoms with Crippen LogP contribution in [0.15, 0.2) is 12.2 Å². The molecule has 0 N–H and O–H groups in total. The number of carbonyl (C=O) groups excluding carboxylic acids is 1. The van der Waals surface area contributed by atoms with E-state index in [0.717, 1.165) is 25.0 Å². The highest BCUT2D eigenvalue weighted by Gasteiger charge is 2.19. The Morgan fingerprint density at radius 2 is 2.00 bits per heavy atom. The summed E-state index contributed by atoms with van der Waals surface area (Å²) in [5.74, 6) is 1.25. The lowest BCUT2D eigenvalue weighted by Crippen LogP contribution is -2.15. The molecule has 0 aromatic heterocycles. The third-order valence-corrected chi connectivity index (χ3v) is 3.30. The second-order valence-electron chi connectivity index (χ2n) is 4.77. The summed E-state index contributed by atoms with van der Waals surface area (Å²) in [6.45, 7) is 6.02. The maximum atomic E-state index is 10.6. The minimum Gasteiger partial charge on any atom is -0.303 e. The highest BCUT2D eigenvalue weighted by molar-refractivity contribution is 5.53. The SMILES string of the molecule is C=C(C)CCCC1CCC(C=O)CC1. The van der Waals surface area contributed by atoms with Crippen molar-refractivity contribution >= 4 is 6.29 Å². The number of hydrogen-bond acceptors (Lipinski definition) is 1. The number of aldehydes is 1. The molecular weight excluding hydrogens is 172 g/mol. The number of rotatable bonds is 5. The Labute approximate surface area is 87.6 Å². The molecule has 0 saturated heterocycles. The summed E-state index contributed by atoms with van der Waals surface area (Å²) in [4.78, 5) is 10.6. The first-order valence-electron chi connectivity index (χ1n) is 5.82. The van der Waals surface area contributed by atoms with Crippen LogP contribution in [0, 0.1) is 11.8 Å². The van der Waals surface area contributed by atoms with Gasteiger partial charge >= 0.3 is 0 Å². The third kappa shape index (κ3) is 4.08. The van der Waals surface area contributed by atoms with Gasteiger partial charge in [0, 0.05) is 5.92 Å². The van der Waals surface area contributed by atoms with E-state index in [4.69, 9.17) is 0 Å². The van der Waals surface area contributed by atoms with Gasteiger partial charge in [0.1, 0.15) is 6.29 Å². The molecule has 1 heteroatoms. The summed E-state index contributed by atoms with van der Waals surface area (Å²) in [5, 5.41) is 0. The average Bonchev–Trinajstić information content (AvgIpc) is 2.18. The number of carbonyl (C=O) groups is 1. The molecule has 0 aliphatic heterocycles. The van der Waals surface area contributed by atoms with Gasteiger partial charge in [0.05, 0.1) is 0 Å². The highest BCUT2D eigenvalue weighted by Crippen LogP contribution is 2.31. The molecule has 1 rings (SSSR count). The predicted octanol–water partition coefficient (Wildman–Crippen LogP) is 3.74. The Kier molecular flexibility index (Phi) is 4.92. The van der Waals surface area contributed by atoms with Crippen molar-refractivity contribution in [3.63, 3.8) is 0 Å². The van der Waals surface area contributed by atoms with Gasteiger partial charge in [0.25, 0.3) is 0 Å². The lowest BCUT2D eigenvalue weighted by Gasteiger charge is -2.25. The monoisotopic (exact) mass is 194 g/mol. The second-order valence-corrected chi connectivity index (χ2v) is 4.77. The molecule has 0 aromatic carbocycles. The van der Waals surface area contributed by atoms with E-state index in [0.29, 0.717) is 5.92 Å². The molecule has 0 atom stereocenters. The summed E-state index contributed by atoms with van der Waals surface area (Å²) in [6, 6.07) is 0. The van der Waals surface area contributed by atoms with Crippen molar-refractivity contribution in [1.29, 1.82) is 0 Å². The summed E-state index contributed by atoms with van der Waals surface area (Å²) < 4.78 is 0. The van der Waals surface area contributed by atoms with E-state index < -0.39 is 0 Å².